The Bertz CT molecular complexity index is 1060. The summed E-state index contributed by atoms with van der Waals surface area (Å²) in [5, 5.41) is 5.59. The highest BCUT2D eigenvalue weighted by atomic mass is 32.2. The van der Waals surface area contributed by atoms with Crippen molar-refractivity contribution >= 4 is 55.7 Å². The highest BCUT2D eigenvalue weighted by molar-refractivity contribution is 7.98. The van der Waals surface area contributed by atoms with Crippen LogP contribution >= 0.6 is 34.4 Å². The van der Waals surface area contributed by atoms with Crippen LogP contribution in [0.5, 0.6) is 0 Å². The fraction of sp³-hybridized carbons (Fsp3) is 0.105. The molecule has 1 amide bonds. The average Bonchev–Trinajstić information content (AvgIpc) is 3.29. The number of hydrogen-bond acceptors (Lipinski definition) is 6. The van der Waals surface area contributed by atoms with Gasteiger partial charge in [-0.05, 0) is 36.8 Å². The number of aromatic nitrogens is 2. The van der Waals surface area contributed by atoms with Gasteiger partial charge in [-0.2, -0.15) is 0 Å². The lowest BCUT2D eigenvalue weighted by Gasteiger charge is -2.07. The summed E-state index contributed by atoms with van der Waals surface area (Å²) in [6, 6.07) is 13.7. The number of carbonyl (C=O) groups is 1. The first-order valence-corrected chi connectivity index (χ1v) is 10.7. The van der Waals surface area contributed by atoms with Gasteiger partial charge in [-0.3, -0.25) is 10.1 Å². The first-order valence-electron chi connectivity index (χ1n) is 7.96. The summed E-state index contributed by atoms with van der Waals surface area (Å²) < 4.78 is 1.08. The number of carbonyl (C=O) groups excluding carboxylic acids is 1. The lowest BCUT2D eigenvalue weighted by atomic mass is 10.2. The van der Waals surface area contributed by atoms with Gasteiger partial charge >= 0.3 is 0 Å². The van der Waals surface area contributed by atoms with Crippen LogP contribution in [0.3, 0.4) is 0 Å². The minimum Gasteiger partial charge on any atom is -0.298 e. The Kier molecular flexibility index (Phi) is 5.01. The van der Waals surface area contributed by atoms with Gasteiger partial charge in [0.15, 0.2) is 5.13 Å². The van der Waals surface area contributed by atoms with E-state index in [1.165, 1.54) is 16.9 Å². The van der Waals surface area contributed by atoms with E-state index >= 15 is 0 Å². The zero-order valence-corrected chi connectivity index (χ0v) is 16.4. The van der Waals surface area contributed by atoms with Gasteiger partial charge < -0.3 is 0 Å². The second kappa shape index (κ2) is 7.57. The normalized spacial score (nSPS) is 11.0. The molecule has 0 radical (unpaired) electrons. The van der Waals surface area contributed by atoms with E-state index in [0.29, 0.717) is 10.7 Å². The van der Waals surface area contributed by atoms with Crippen molar-refractivity contribution in [2.75, 3.05) is 5.32 Å². The molecule has 0 aliphatic rings. The number of aryl methyl sites for hydroxylation is 1. The Morgan fingerprint density at radius 2 is 2.12 bits per heavy atom. The third-order valence-corrected chi connectivity index (χ3v) is 6.43. The van der Waals surface area contributed by atoms with Gasteiger partial charge in [0.05, 0.1) is 27.0 Å². The molecule has 0 spiro atoms. The number of amides is 1. The van der Waals surface area contributed by atoms with Crippen molar-refractivity contribution in [2.24, 2.45) is 0 Å². The van der Waals surface area contributed by atoms with Gasteiger partial charge in [0.2, 0.25) is 0 Å². The minimum absolute atomic E-state index is 0.137. The molecule has 4 nitrogen and oxygen atoms in total. The van der Waals surface area contributed by atoms with Crippen LogP contribution in [0, 0.1) is 6.92 Å². The van der Waals surface area contributed by atoms with Crippen molar-refractivity contribution in [3.05, 3.63) is 70.2 Å². The number of rotatable bonds is 5. The van der Waals surface area contributed by atoms with E-state index in [-0.39, 0.29) is 5.91 Å². The van der Waals surface area contributed by atoms with Crippen LogP contribution in [0.4, 0.5) is 5.13 Å². The van der Waals surface area contributed by atoms with E-state index in [0.717, 1.165) is 26.6 Å². The van der Waals surface area contributed by atoms with Crippen LogP contribution in [0.15, 0.2) is 58.3 Å². The van der Waals surface area contributed by atoms with E-state index in [1.54, 1.807) is 23.1 Å². The number of nitrogens with zero attached hydrogens (tertiary/aromatic N) is 2. The molecule has 0 atom stereocenters. The zero-order valence-electron chi connectivity index (χ0n) is 13.9. The summed E-state index contributed by atoms with van der Waals surface area (Å²) >= 11 is 4.69. The first-order chi connectivity index (χ1) is 12.7. The largest absolute Gasteiger partial charge is 0.298 e. The molecular formula is C19H15N3OS3. The van der Waals surface area contributed by atoms with Gasteiger partial charge in [-0.25, -0.2) is 9.97 Å². The third kappa shape index (κ3) is 3.80. The smallest absolute Gasteiger partial charge is 0.258 e. The van der Waals surface area contributed by atoms with E-state index in [2.05, 4.69) is 21.4 Å². The number of benzene rings is 2. The van der Waals surface area contributed by atoms with Crippen LogP contribution < -0.4 is 5.32 Å². The molecule has 2 heterocycles. The average molecular weight is 398 g/mol. The van der Waals surface area contributed by atoms with Gasteiger partial charge in [-0.1, -0.05) is 29.5 Å². The van der Waals surface area contributed by atoms with Crippen LogP contribution in [0.2, 0.25) is 0 Å². The highest BCUT2D eigenvalue weighted by Gasteiger charge is 2.14. The van der Waals surface area contributed by atoms with Crippen LogP contribution in [0.1, 0.15) is 21.6 Å². The van der Waals surface area contributed by atoms with Crippen LogP contribution in [0.25, 0.3) is 10.2 Å². The standard InChI is InChI=1S/C19H15N3OS3/c1-12-6-7-15-17(8-12)26-19(21-15)22-18(23)14-4-2-3-5-16(14)25-10-13-9-24-11-20-13/h2-9,11H,10H2,1H3,(H,21,22,23). The molecule has 4 aromatic rings. The summed E-state index contributed by atoms with van der Waals surface area (Å²) in [5.41, 5.74) is 5.59. The molecule has 0 aliphatic heterocycles. The summed E-state index contributed by atoms with van der Waals surface area (Å²) in [5.74, 6) is 0.607. The molecule has 2 aromatic carbocycles. The molecule has 0 bridgehead atoms. The molecule has 0 fully saturated rings. The van der Waals surface area contributed by atoms with Crippen LogP contribution in [-0.4, -0.2) is 15.9 Å². The van der Waals surface area contributed by atoms with Gasteiger partial charge in [0.25, 0.3) is 5.91 Å². The molecular weight excluding hydrogens is 382 g/mol. The SMILES string of the molecule is Cc1ccc2nc(NC(=O)c3ccccc3SCc3cscn3)sc2c1. The van der Waals surface area contributed by atoms with Crippen molar-refractivity contribution in [3.63, 3.8) is 0 Å². The predicted molar refractivity (Wildman–Crippen MR) is 110 cm³/mol. The maximum atomic E-state index is 12.8. The molecule has 0 saturated carbocycles. The third-order valence-electron chi connectivity index (χ3n) is 3.76. The maximum absolute atomic E-state index is 12.8. The molecule has 7 heteroatoms. The first kappa shape index (κ1) is 17.2. The highest BCUT2D eigenvalue weighted by Crippen LogP contribution is 2.29. The van der Waals surface area contributed by atoms with E-state index in [1.807, 2.05) is 54.2 Å². The van der Waals surface area contributed by atoms with Crippen LogP contribution in [-0.2, 0) is 5.75 Å². The molecule has 26 heavy (non-hydrogen) atoms. The summed E-state index contributed by atoms with van der Waals surface area (Å²) in [6.07, 6.45) is 0. The van der Waals surface area contributed by atoms with Crippen molar-refractivity contribution in [3.8, 4) is 0 Å². The fourth-order valence-corrected chi connectivity index (χ4v) is 5.07. The lowest BCUT2D eigenvalue weighted by molar-refractivity contribution is 0.102. The summed E-state index contributed by atoms with van der Waals surface area (Å²) in [6.45, 7) is 2.05. The Morgan fingerprint density at radius 1 is 1.23 bits per heavy atom. The number of thiazole rings is 2. The number of nitrogens with one attached hydrogen (secondary N) is 1. The molecule has 0 aliphatic carbocycles. The predicted octanol–water partition coefficient (Wildman–Crippen LogP) is 5.61. The van der Waals surface area contributed by atoms with Crippen molar-refractivity contribution in [1.29, 1.82) is 0 Å². The summed E-state index contributed by atoms with van der Waals surface area (Å²) in [4.78, 5) is 22.5. The second-order valence-corrected chi connectivity index (χ2v) is 8.48. The number of anilines is 1. The van der Waals surface area contributed by atoms with Crippen molar-refractivity contribution in [1.82, 2.24) is 9.97 Å². The molecule has 1 N–H and O–H groups in total. The minimum atomic E-state index is -0.137. The molecule has 2 aromatic heterocycles. The molecule has 0 saturated heterocycles. The second-order valence-electron chi connectivity index (χ2n) is 5.71. The quantitative estimate of drug-likeness (QED) is 0.445. The van der Waals surface area contributed by atoms with Crippen molar-refractivity contribution in [2.45, 2.75) is 17.6 Å². The molecule has 130 valence electrons. The van der Waals surface area contributed by atoms with Crippen molar-refractivity contribution < 1.29 is 4.79 Å². The Labute approximate surface area is 163 Å². The Balaban J connectivity index is 1.53. The molecule has 0 unspecified atom stereocenters. The van der Waals surface area contributed by atoms with Gasteiger partial charge in [-0.15, -0.1) is 23.1 Å². The topological polar surface area (TPSA) is 54.9 Å². The van der Waals surface area contributed by atoms with E-state index < -0.39 is 0 Å². The fourth-order valence-electron chi connectivity index (χ4n) is 2.49. The molecule has 4 rings (SSSR count). The van der Waals surface area contributed by atoms with Gasteiger partial charge in [0, 0.05) is 16.0 Å². The summed E-state index contributed by atoms with van der Waals surface area (Å²) in [7, 11) is 0. The number of hydrogen-bond donors (Lipinski definition) is 1. The number of thioether (sulfide) groups is 1. The monoisotopic (exact) mass is 397 g/mol. The maximum Gasteiger partial charge on any atom is 0.258 e. The lowest BCUT2D eigenvalue weighted by Crippen LogP contribution is -2.12. The number of fused-ring (bicyclic) bond motifs is 1. The van der Waals surface area contributed by atoms with E-state index in [9.17, 15) is 4.79 Å². The Morgan fingerprint density at radius 3 is 2.96 bits per heavy atom. The van der Waals surface area contributed by atoms with Gasteiger partial charge in [0.1, 0.15) is 0 Å². The Hall–Kier alpha value is -2.22. The van der Waals surface area contributed by atoms with E-state index in [4.69, 9.17) is 0 Å². The zero-order chi connectivity index (χ0) is 17.9.